The standard InChI is InChI=1S/C12H15NO2/c1-13-12(15)9-11(14)8-7-10-5-3-2-4-6-10/h2-8,11,14H,9H2,1H3,(H,13,15)/b8-7+/t11-/m1/s1. The molecule has 15 heavy (non-hydrogen) atoms. The summed E-state index contributed by atoms with van der Waals surface area (Å²) >= 11 is 0. The Kier molecular flexibility index (Phi) is 4.57. The van der Waals surface area contributed by atoms with Crippen molar-refractivity contribution in [2.75, 3.05) is 7.05 Å². The number of carbonyl (C=O) groups excluding carboxylic acids is 1. The van der Waals surface area contributed by atoms with E-state index in [1.807, 2.05) is 30.3 Å². The summed E-state index contributed by atoms with van der Waals surface area (Å²) in [4.78, 5) is 10.9. The molecule has 1 aromatic rings. The van der Waals surface area contributed by atoms with Crippen molar-refractivity contribution in [3.05, 3.63) is 42.0 Å². The average Bonchev–Trinajstić information content (AvgIpc) is 2.27. The maximum atomic E-state index is 10.9. The van der Waals surface area contributed by atoms with Crippen LogP contribution in [0.2, 0.25) is 0 Å². The minimum atomic E-state index is -0.731. The molecule has 0 fully saturated rings. The second-order valence-corrected chi connectivity index (χ2v) is 3.21. The van der Waals surface area contributed by atoms with Gasteiger partial charge < -0.3 is 10.4 Å². The van der Waals surface area contributed by atoms with Crippen LogP contribution >= 0.6 is 0 Å². The molecule has 0 radical (unpaired) electrons. The second kappa shape index (κ2) is 5.98. The van der Waals surface area contributed by atoms with Gasteiger partial charge in [0.1, 0.15) is 0 Å². The quantitative estimate of drug-likeness (QED) is 0.776. The molecule has 1 rings (SSSR count). The summed E-state index contributed by atoms with van der Waals surface area (Å²) in [7, 11) is 1.55. The fourth-order valence-electron chi connectivity index (χ4n) is 1.15. The summed E-state index contributed by atoms with van der Waals surface area (Å²) in [5.41, 5.74) is 1.01. The minimum absolute atomic E-state index is 0.0971. The number of benzene rings is 1. The van der Waals surface area contributed by atoms with Crippen LogP contribution in [0.3, 0.4) is 0 Å². The maximum Gasteiger partial charge on any atom is 0.222 e. The van der Waals surface area contributed by atoms with Crippen molar-refractivity contribution in [3.63, 3.8) is 0 Å². The number of hydrogen-bond donors (Lipinski definition) is 2. The van der Waals surface area contributed by atoms with Crippen molar-refractivity contribution in [1.82, 2.24) is 5.32 Å². The van der Waals surface area contributed by atoms with Crippen LogP contribution in [0, 0.1) is 0 Å². The number of nitrogens with one attached hydrogen (secondary N) is 1. The molecule has 3 heteroatoms. The van der Waals surface area contributed by atoms with E-state index in [1.54, 1.807) is 19.2 Å². The number of aliphatic hydroxyl groups is 1. The first-order chi connectivity index (χ1) is 7.22. The van der Waals surface area contributed by atoms with E-state index < -0.39 is 6.10 Å². The summed E-state index contributed by atoms with van der Waals surface area (Å²) in [5.74, 6) is -0.166. The Morgan fingerprint density at radius 1 is 1.47 bits per heavy atom. The molecule has 0 spiro atoms. The van der Waals surface area contributed by atoms with Crippen LogP contribution in [0.4, 0.5) is 0 Å². The number of aliphatic hydroxyl groups excluding tert-OH is 1. The predicted octanol–water partition coefficient (Wildman–Crippen LogP) is 1.20. The van der Waals surface area contributed by atoms with Crippen molar-refractivity contribution < 1.29 is 9.90 Å². The summed E-state index contributed by atoms with van der Waals surface area (Å²) in [6.07, 6.45) is 2.78. The summed E-state index contributed by atoms with van der Waals surface area (Å²) < 4.78 is 0. The van der Waals surface area contributed by atoms with E-state index in [-0.39, 0.29) is 12.3 Å². The molecule has 0 heterocycles. The number of hydrogen-bond acceptors (Lipinski definition) is 2. The van der Waals surface area contributed by atoms with Crippen LogP contribution in [-0.2, 0) is 4.79 Å². The highest BCUT2D eigenvalue weighted by molar-refractivity contribution is 5.76. The summed E-state index contributed by atoms with van der Waals surface area (Å²) in [5, 5.41) is 11.9. The fraction of sp³-hybridized carbons (Fsp3) is 0.250. The van der Waals surface area contributed by atoms with Gasteiger partial charge in [-0.25, -0.2) is 0 Å². The topological polar surface area (TPSA) is 49.3 Å². The Hall–Kier alpha value is -1.61. The second-order valence-electron chi connectivity index (χ2n) is 3.21. The third-order valence-corrected chi connectivity index (χ3v) is 1.98. The highest BCUT2D eigenvalue weighted by atomic mass is 16.3. The molecular weight excluding hydrogens is 190 g/mol. The molecular formula is C12H15NO2. The lowest BCUT2D eigenvalue weighted by Crippen LogP contribution is -2.22. The highest BCUT2D eigenvalue weighted by Gasteiger charge is 2.04. The van der Waals surface area contributed by atoms with E-state index in [2.05, 4.69) is 5.32 Å². The average molecular weight is 205 g/mol. The van der Waals surface area contributed by atoms with Gasteiger partial charge in [-0.15, -0.1) is 0 Å². The van der Waals surface area contributed by atoms with Crippen molar-refractivity contribution in [2.24, 2.45) is 0 Å². The Morgan fingerprint density at radius 2 is 2.13 bits per heavy atom. The molecule has 1 atom stereocenters. The van der Waals surface area contributed by atoms with Gasteiger partial charge in [0.05, 0.1) is 12.5 Å². The van der Waals surface area contributed by atoms with Crippen molar-refractivity contribution >= 4 is 12.0 Å². The molecule has 0 saturated carbocycles. The lowest BCUT2D eigenvalue weighted by Gasteiger charge is -2.03. The van der Waals surface area contributed by atoms with Gasteiger partial charge in [-0.2, -0.15) is 0 Å². The Labute approximate surface area is 89.4 Å². The number of amides is 1. The molecule has 0 aliphatic heterocycles. The fourth-order valence-corrected chi connectivity index (χ4v) is 1.15. The molecule has 0 aliphatic carbocycles. The van der Waals surface area contributed by atoms with Crippen LogP contribution in [0.1, 0.15) is 12.0 Å². The van der Waals surface area contributed by atoms with E-state index in [4.69, 9.17) is 0 Å². The molecule has 0 aliphatic rings. The zero-order chi connectivity index (χ0) is 11.1. The zero-order valence-electron chi connectivity index (χ0n) is 8.68. The molecule has 0 saturated heterocycles. The van der Waals surface area contributed by atoms with Crippen LogP contribution in [0.15, 0.2) is 36.4 Å². The van der Waals surface area contributed by atoms with E-state index in [0.717, 1.165) is 5.56 Å². The Balaban J connectivity index is 2.47. The van der Waals surface area contributed by atoms with Gasteiger partial charge in [-0.1, -0.05) is 42.5 Å². The number of carbonyl (C=O) groups is 1. The summed E-state index contributed by atoms with van der Waals surface area (Å²) in [6.45, 7) is 0. The van der Waals surface area contributed by atoms with Gasteiger partial charge in [0, 0.05) is 7.05 Å². The lowest BCUT2D eigenvalue weighted by molar-refractivity contribution is -0.121. The van der Waals surface area contributed by atoms with Crippen molar-refractivity contribution in [2.45, 2.75) is 12.5 Å². The molecule has 3 nitrogen and oxygen atoms in total. The molecule has 0 aromatic heterocycles. The van der Waals surface area contributed by atoms with Gasteiger partial charge in [0.25, 0.3) is 0 Å². The normalized spacial score (nSPS) is 12.7. The SMILES string of the molecule is CNC(=O)C[C@H](O)/C=C/c1ccccc1. The number of rotatable bonds is 4. The third-order valence-electron chi connectivity index (χ3n) is 1.98. The molecule has 1 amide bonds. The van der Waals surface area contributed by atoms with Gasteiger partial charge >= 0.3 is 0 Å². The van der Waals surface area contributed by atoms with Crippen molar-refractivity contribution in [1.29, 1.82) is 0 Å². The first-order valence-corrected chi connectivity index (χ1v) is 4.84. The first-order valence-electron chi connectivity index (χ1n) is 4.84. The van der Waals surface area contributed by atoms with E-state index in [0.29, 0.717) is 0 Å². The molecule has 0 unspecified atom stereocenters. The van der Waals surface area contributed by atoms with Crippen LogP contribution < -0.4 is 5.32 Å². The zero-order valence-corrected chi connectivity index (χ0v) is 8.68. The monoisotopic (exact) mass is 205 g/mol. The van der Waals surface area contributed by atoms with Gasteiger partial charge in [-0.05, 0) is 5.56 Å². The molecule has 2 N–H and O–H groups in total. The van der Waals surface area contributed by atoms with E-state index in [9.17, 15) is 9.90 Å². The molecule has 80 valence electrons. The largest absolute Gasteiger partial charge is 0.388 e. The van der Waals surface area contributed by atoms with E-state index in [1.165, 1.54) is 0 Å². The third kappa shape index (κ3) is 4.42. The molecule has 0 bridgehead atoms. The van der Waals surface area contributed by atoms with Gasteiger partial charge in [-0.3, -0.25) is 4.79 Å². The van der Waals surface area contributed by atoms with Gasteiger partial charge in [0.15, 0.2) is 0 Å². The molecule has 1 aromatic carbocycles. The first kappa shape index (κ1) is 11.5. The van der Waals surface area contributed by atoms with Crippen LogP contribution in [-0.4, -0.2) is 24.2 Å². The minimum Gasteiger partial charge on any atom is -0.388 e. The van der Waals surface area contributed by atoms with Crippen LogP contribution in [0.25, 0.3) is 6.08 Å². The summed E-state index contributed by atoms with van der Waals surface area (Å²) in [6, 6.07) is 9.64. The smallest absolute Gasteiger partial charge is 0.222 e. The highest BCUT2D eigenvalue weighted by Crippen LogP contribution is 2.03. The van der Waals surface area contributed by atoms with Crippen LogP contribution in [0.5, 0.6) is 0 Å². The van der Waals surface area contributed by atoms with Gasteiger partial charge in [0.2, 0.25) is 5.91 Å². The Bertz CT molecular complexity index is 333. The maximum absolute atomic E-state index is 10.9. The lowest BCUT2D eigenvalue weighted by atomic mass is 10.1. The van der Waals surface area contributed by atoms with Crippen molar-refractivity contribution in [3.8, 4) is 0 Å². The Morgan fingerprint density at radius 3 is 2.73 bits per heavy atom. The van der Waals surface area contributed by atoms with E-state index >= 15 is 0 Å². The predicted molar refractivity (Wildman–Crippen MR) is 60.2 cm³/mol.